The van der Waals surface area contributed by atoms with Gasteiger partial charge in [0.05, 0.1) is 47.8 Å². The van der Waals surface area contributed by atoms with Crippen molar-refractivity contribution in [3.8, 4) is 11.5 Å². The molecule has 0 fully saturated rings. The molecule has 1 unspecified atom stereocenters. The molecule has 0 spiro atoms. The number of methoxy groups -OCH3 is 2. The summed E-state index contributed by atoms with van der Waals surface area (Å²) in [6.07, 6.45) is 5.23. The van der Waals surface area contributed by atoms with E-state index in [0.29, 0.717) is 21.8 Å². The van der Waals surface area contributed by atoms with Crippen LogP contribution in [0.3, 0.4) is 0 Å². The highest BCUT2D eigenvalue weighted by Gasteiger charge is 2.16. The number of nitrogens with zero attached hydrogens (tertiary/aromatic N) is 6. The maximum atomic E-state index is 7.53. The highest BCUT2D eigenvalue weighted by atomic mass is 35.5. The normalized spacial score (nSPS) is 11.5. The Morgan fingerprint density at radius 2 is 1.38 bits per heavy atom. The lowest BCUT2D eigenvalue weighted by molar-refractivity contribution is 0.295. The van der Waals surface area contributed by atoms with Gasteiger partial charge in [0.25, 0.3) is 0 Å². The van der Waals surface area contributed by atoms with Gasteiger partial charge in [0.1, 0.15) is 11.5 Å². The smallest absolute Gasteiger partial charge is 0.203 e. The first-order chi connectivity index (χ1) is 31.7. The molecule has 0 radical (unpaired) electrons. The number of anilines is 3. The summed E-state index contributed by atoms with van der Waals surface area (Å²) in [5.41, 5.74) is 17.0. The fourth-order valence-electron chi connectivity index (χ4n) is 7.45. The van der Waals surface area contributed by atoms with Crippen LogP contribution in [0, 0.1) is 5.41 Å². The van der Waals surface area contributed by atoms with Gasteiger partial charge in [-0.25, -0.2) is 9.98 Å². The van der Waals surface area contributed by atoms with Gasteiger partial charge in [-0.15, -0.1) is 24.8 Å². The van der Waals surface area contributed by atoms with E-state index < -0.39 is 0 Å². The first kappa shape index (κ1) is 59.1. The molecule has 17 heteroatoms. The summed E-state index contributed by atoms with van der Waals surface area (Å²) in [7, 11) is 3.39. The van der Waals surface area contributed by atoms with Crippen molar-refractivity contribution in [2.24, 2.45) is 16.5 Å². The Morgan fingerprint density at radius 3 is 1.99 bits per heavy atom. The van der Waals surface area contributed by atoms with Gasteiger partial charge in [-0.2, -0.15) is 0 Å². The highest BCUT2D eigenvalue weighted by molar-refractivity contribution is 6.31. The van der Waals surface area contributed by atoms with E-state index >= 15 is 0 Å². The number of hydrogen-bond acceptors (Lipinski definition) is 10. The van der Waals surface area contributed by atoms with Gasteiger partial charge in [-0.05, 0) is 152 Å². The lowest BCUT2D eigenvalue weighted by atomic mass is 10.1. The average Bonchev–Trinajstić information content (AvgIpc) is 3.30. The minimum Gasteiger partial charge on any atom is -0.497 e. The Labute approximate surface area is 426 Å². The van der Waals surface area contributed by atoms with E-state index in [9.17, 15) is 0 Å². The predicted octanol–water partition coefficient (Wildman–Crippen LogP) is 12.0. The summed E-state index contributed by atoms with van der Waals surface area (Å²) in [6.45, 7) is 22.5. The second-order valence-corrected chi connectivity index (χ2v) is 17.0. The average molecular weight is 1010 g/mol. The molecule has 1 atom stereocenters. The van der Waals surface area contributed by atoms with Gasteiger partial charge in [0, 0.05) is 57.1 Å². The lowest BCUT2D eigenvalue weighted by Gasteiger charge is -2.22. The summed E-state index contributed by atoms with van der Waals surface area (Å²) in [5, 5.41) is 19.3. The first-order valence-corrected chi connectivity index (χ1v) is 23.7. The Balaban J connectivity index is 0.000000357. The van der Waals surface area contributed by atoms with E-state index in [0.717, 1.165) is 114 Å². The van der Waals surface area contributed by atoms with Gasteiger partial charge < -0.3 is 41.4 Å². The molecule has 0 saturated heterocycles. The molecule has 6 aromatic rings. The van der Waals surface area contributed by atoms with E-state index in [4.69, 9.17) is 54.5 Å². The molecule has 4 aromatic carbocycles. The van der Waals surface area contributed by atoms with Crippen LogP contribution in [0.25, 0.3) is 32.7 Å². The Bertz CT molecular complexity index is 2470. The van der Waals surface area contributed by atoms with Crippen LogP contribution in [-0.2, 0) is 0 Å². The molecule has 0 aliphatic rings. The Morgan fingerprint density at radius 1 is 0.750 bits per heavy atom. The van der Waals surface area contributed by atoms with Crippen molar-refractivity contribution in [3.63, 3.8) is 0 Å². The number of guanidine groups is 2. The number of aliphatic imine (C=N–C) groups is 1. The third-order valence-electron chi connectivity index (χ3n) is 11.1. The van der Waals surface area contributed by atoms with E-state index in [1.54, 1.807) is 38.5 Å². The van der Waals surface area contributed by atoms with Crippen molar-refractivity contribution in [2.75, 3.05) is 75.6 Å². The molecule has 0 bridgehead atoms. The standard InChI is InChI=1S/C23H30ClN3O.C17H25N3O.C11H16ClN5.2ClH/c1-5-27(6-2)13-7-8-16(3)25-23-19-11-9-17(24)14-22(19)26-21-12-10-18(28-4)15-20(21)23;1-4-20(5-2)11-7-10-18-16-13-15(21-3)12-14-8-6-9-19-17(14)16;1-7(2)16-11(15)17(10(13)14)9-5-3-8(12)4-6-9;;/h9-12,14-16H,5-8,13H2,1-4H3,(H,25,26);6,8-9,12-13,18H,4-5,7,10-11H2,1-3H3;3-7H,1-2H3,(H3,13,14)(H2,15,16);2*1H. The highest BCUT2D eigenvalue weighted by Crippen LogP contribution is 2.35. The minimum atomic E-state index is -0.186. The van der Waals surface area contributed by atoms with E-state index in [1.807, 2.05) is 62.5 Å². The van der Waals surface area contributed by atoms with Gasteiger partial charge in [-0.3, -0.25) is 15.3 Å². The van der Waals surface area contributed by atoms with Crippen LogP contribution in [0.15, 0.2) is 96.1 Å². The molecule has 0 saturated carbocycles. The third kappa shape index (κ3) is 17.8. The van der Waals surface area contributed by atoms with Crippen LogP contribution in [0.2, 0.25) is 10.0 Å². The molecule has 372 valence electrons. The topological polar surface area (TPSA) is 166 Å². The van der Waals surface area contributed by atoms with Crippen LogP contribution >= 0.6 is 48.0 Å². The molecule has 2 heterocycles. The van der Waals surface area contributed by atoms with E-state index in [1.165, 1.54) is 11.3 Å². The molecule has 0 amide bonds. The van der Waals surface area contributed by atoms with Crippen molar-refractivity contribution in [1.82, 2.24) is 19.8 Å². The van der Waals surface area contributed by atoms with E-state index in [-0.39, 0.29) is 42.8 Å². The van der Waals surface area contributed by atoms with Crippen LogP contribution in [0.4, 0.5) is 17.1 Å². The fraction of sp³-hybridized carbons (Fsp3) is 0.412. The SMILES string of the molecule is CC(C)N=C(N)N(C(=N)N)c1ccc(Cl)cc1.CCN(CC)CCCC(C)Nc1c2ccc(Cl)cc2nc2ccc(OC)cc12.CCN(CC)CCCNc1cc(OC)cc2cccnc12.Cl.Cl. The fourth-order valence-corrected chi connectivity index (χ4v) is 7.74. The van der Waals surface area contributed by atoms with Gasteiger partial charge in [-0.1, -0.05) is 57.0 Å². The number of benzene rings is 4. The summed E-state index contributed by atoms with van der Waals surface area (Å²) < 4.78 is 10.8. The molecule has 6 rings (SSSR count). The number of nitrogens with one attached hydrogen (secondary N) is 3. The minimum absolute atomic E-state index is 0. The third-order valence-corrected chi connectivity index (χ3v) is 11.5. The summed E-state index contributed by atoms with van der Waals surface area (Å²) in [4.78, 5) is 19.7. The van der Waals surface area contributed by atoms with Crippen molar-refractivity contribution in [2.45, 2.75) is 79.8 Å². The Kier molecular flexibility index (Phi) is 26.5. The van der Waals surface area contributed by atoms with Crippen molar-refractivity contribution >= 4 is 110 Å². The van der Waals surface area contributed by atoms with Gasteiger partial charge in [0.15, 0.2) is 5.96 Å². The van der Waals surface area contributed by atoms with Crippen LogP contribution < -0.4 is 36.5 Å². The van der Waals surface area contributed by atoms with Gasteiger partial charge >= 0.3 is 0 Å². The zero-order valence-corrected chi connectivity index (χ0v) is 44.3. The van der Waals surface area contributed by atoms with Gasteiger partial charge in [0.2, 0.25) is 5.96 Å². The number of rotatable bonds is 19. The zero-order chi connectivity index (χ0) is 48.2. The molecule has 7 N–H and O–H groups in total. The molecular formula is C51H73Cl4N11O2. The molecular weight excluding hydrogens is 940 g/mol. The van der Waals surface area contributed by atoms with Crippen LogP contribution in [0.1, 0.15) is 67.7 Å². The quantitative estimate of drug-likeness (QED) is 0.0227. The summed E-state index contributed by atoms with van der Waals surface area (Å²) >= 11 is 12.0. The Hall–Kier alpha value is -5.02. The number of nitrogens with two attached hydrogens (primary N) is 2. The summed E-state index contributed by atoms with van der Waals surface area (Å²) in [5.74, 6) is 1.70. The zero-order valence-electron chi connectivity index (χ0n) is 41.1. The largest absolute Gasteiger partial charge is 0.497 e. The van der Waals surface area contributed by atoms with Crippen LogP contribution in [0.5, 0.6) is 11.5 Å². The second-order valence-electron chi connectivity index (χ2n) is 16.1. The number of halogens is 4. The molecule has 0 aliphatic heterocycles. The number of hydrogen-bond donors (Lipinski definition) is 5. The number of aromatic nitrogens is 2. The monoisotopic (exact) mass is 1010 g/mol. The second kappa shape index (κ2) is 30.5. The molecule has 68 heavy (non-hydrogen) atoms. The number of fused-ring (bicyclic) bond motifs is 3. The number of pyridine rings is 2. The van der Waals surface area contributed by atoms with E-state index in [2.05, 4.69) is 83.2 Å². The maximum absolute atomic E-state index is 7.53. The molecule has 0 aliphatic carbocycles. The van der Waals surface area contributed by atoms with Crippen molar-refractivity contribution in [1.29, 1.82) is 5.41 Å². The van der Waals surface area contributed by atoms with Crippen LogP contribution in [-0.4, -0.2) is 104 Å². The lowest BCUT2D eigenvalue weighted by Crippen LogP contribution is -2.46. The summed E-state index contributed by atoms with van der Waals surface area (Å²) in [6, 6.07) is 27.2. The maximum Gasteiger partial charge on any atom is 0.203 e. The van der Waals surface area contributed by atoms with Crippen molar-refractivity contribution in [3.05, 3.63) is 101 Å². The molecule has 13 nitrogen and oxygen atoms in total. The number of ether oxygens (including phenoxy) is 2. The van der Waals surface area contributed by atoms with Crippen molar-refractivity contribution < 1.29 is 9.47 Å². The molecule has 2 aromatic heterocycles. The first-order valence-electron chi connectivity index (χ1n) is 22.9. The predicted molar refractivity (Wildman–Crippen MR) is 297 cm³/mol.